The van der Waals surface area contributed by atoms with Crippen molar-refractivity contribution in [1.82, 2.24) is 9.88 Å². The third kappa shape index (κ3) is 3.19. The van der Waals surface area contributed by atoms with E-state index in [-0.39, 0.29) is 18.0 Å². The molecule has 0 spiro atoms. The van der Waals surface area contributed by atoms with E-state index in [0.29, 0.717) is 0 Å². The summed E-state index contributed by atoms with van der Waals surface area (Å²) in [5.41, 5.74) is 10.6. The second-order valence-electron chi connectivity index (χ2n) is 7.40. The maximum absolute atomic E-state index is 13.0. The number of fused-ring (bicyclic) bond motifs is 1. The summed E-state index contributed by atoms with van der Waals surface area (Å²) in [6.07, 6.45) is 7.62. The Balaban J connectivity index is 1.41. The molecule has 2 aliphatic rings. The first-order chi connectivity index (χ1) is 12.6. The Hall–Kier alpha value is -2.40. The van der Waals surface area contributed by atoms with Crippen LogP contribution in [0, 0.1) is 0 Å². The van der Waals surface area contributed by atoms with Gasteiger partial charge in [-0.2, -0.15) is 0 Å². The minimum absolute atomic E-state index is 0.0756. The number of carbonyl (C=O) groups is 1. The van der Waals surface area contributed by atoms with Crippen molar-refractivity contribution >= 4 is 11.6 Å². The normalized spacial score (nSPS) is 20.1. The summed E-state index contributed by atoms with van der Waals surface area (Å²) < 4.78 is 0. The number of rotatable bonds is 3. The highest BCUT2D eigenvalue weighted by molar-refractivity contribution is 5.94. The van der Waals surface area contributed by atoms with Crippen LogP contribution in [0.2, 0.25) is 0 Å². The quantitative estimate of drug-likeness (QED) is 0.925. The van der Waals surface area contributed by atoms with E-state index in [4.69, 9.17) is 5.73 Å². The summed E-state index contributed by atoms with van der Waals surface area (Å²) in [4.78, 5) is 21.3. The summed E-state index contributed by atoms with van der Waals surface area (Å²) in [7, 11) is 1.93. The van der Waals surface area contributed by atoms with Gasteiger partial charge in [-0.1, -0.05) is 6.07 Å². The molecule has 1 atom stereocenters. The topological polar surface area (TPSA) is 62.5 Å². The zero-order valence-electron chi connectivity index (χ0n) is 15.3. The molecule has 5 heteroatoms. The fourth-order valence-corrected chi connectivity index (χ4v) is 4.20. The Morgan fingerprint density at radius 2 is 1.88 bits per heavy atom. The van der Waals surface area contributed by atoms with Crippen LogP contribution in [0.1, 0.15) is 46.8 Å². The van der Waals surface area contributed by atoms with E-state index in [0.717, 1.165) is 49.9 Å². The maximum atomic E-state index is 13.0. The van der Waals surface area contributed by atoms with Crippen molar-refractivity contribution in [3.63, 3.8) is 0 Å². The first-order valence-electron chi connectivity index (χ1n) is 9.44. The lowest BCUT2D eigenvalue weighted by Gasteiger charge is -2.38. The van der Waals surface area contributed by atoms with Crippen molar-refractivity contribution in [2.75, 3.05) is 25.0 Å². The van der Waals surface area contributed by atoms with Crippen molar-refractivity contribution in [1.29, 1.82) is 0 Å². The second-order valence-corrected chi connectivity index (χ2v) is 7.40. The standard InChI is InChI=1S/C21H26N4O/c1-24(17-8-12-25(13-9-17)18-6-10-23-11-7-18)21(26)16-3-2-15-4-5-20(22)19(15)14-16/h2-3,6-7,10-11,14,17,20H,4-5,8-9,12-13,22H2,1H3/t20-/m1/s1. The van der Waals surface area contributed by atoms with Crippen LogP contribution in [0.15, 0.2) is 42.7 Å². The molecule has 1 aromatic carbocycles. The molecule has 1 amide bonds. The Labute approximate surface area is 154 Å². The lowest BCUT2D eigenvalue weighted by molar-refractivity contribution is 0.0709. The monoisotopic (exact) mass is 350 g/mol. The molecule has 1 fully saturated rings. The van der Waals surface area contributed by atoms with E-state index in [1.54, 1.807) is 0 Å². The van der Waals surface area contributed by atoms with E-state index in [1.165, 1.54) is 11.3 Å². The largest absolute Gasteiger partial charge is 0.371 e. The molecule has 2 N–H and O–H groups in total. The summed E-state index contributed by atoms with van der Waals surface area (Å²) in [6, 6.07) is 10.5. The molecule has 1 aliphatic carbocycles. The number of hydrogen-bond donors (Lipinski definition) is 1. The van der Waals surface area contributed by atoms with Gasteiger partial charge in [-0.05, 0) is 61.1 Å². The van der Waals surface area contributed by atoms with Crippen LogP contribution in [-0.4, -0.2) is 42.0 Å². The average molecular weight is 350 g/mol. The highest BCUT2D eigenvalue weighted by Crippen LogP contribution is 2.30. The van der Waals surface area contributed by atoms with Crippen LogP contribution in [-0.2, 0) is 6.42 Å². The van der Waals surface area contributed by atoms with Gasteiger partial charge in [0.1, 0.15) is 0 Å². The van der Waals surface area contributed by atoms with Crippen LogP contribution in [0.5, 0.6) is 0 Å². The van der Waals surface area contributed by atoms with Crippen LogP contribution in [0.25, 0.3) is 0 Å². The zero-order valence-corrected chi connectivity index (χ0v) is 15.3. The molecule has 2 heterocycles. The van der Waals surface area contributed by atoms with E-state index >= 15 is 0 Å². The fraction of sp³-hybridized carbons (Fsp3) is 0.429. The molecule has 0 bridgehead atoms. The SMILES string of the molecule is CN(C(=O)c1ccc2c(c1)[C@H](N)CC2)C1CCN(c2ccncc2)CC1. The van der Waals surface area contributed by atoms with Gasteiger partial charge in [0.05, 0.1) is 0 Å². The third-order valence-electron chi connectivity index (χ3n) is 5.88. The average Bonchev–Trinajstić information content (AvgIpc) is 3.08. The molecule has 0 saturated carbocycles. The summed E-state index contributed by atoms with van der Waals surface area (Å²) in [5.74, 6) is 0.106. The third-order valence-corrected chi connectivity index (χ3v) is 5.88. The molecule has 4 rings (SSSR count). The number of aromatic nitrogens is 1. The number of nitrogens with two attached hydrogens (primary N) is 1. The fourth-order valence-electron chi connectivity index (χ4n) is 4.20. The number of anilines is 1. The Morgan fingerprint density at radius 1 is 1.15 bits per heavy atom. The summed E-state index contributed by atoms with van der Waals surface area (Å²) in [5, 5.41) is 0. The Morgan fingerprint density at radius 3 is 2.62 bits per heavy atom. The van der Waals surface area contributed by atoms with Gasteiger partial charge in [0.25, 0.3) is 5.91 Å². The van der Waals surface area contributed by atoms with Crippen molar-refractivity contribution < 1.29 is 4.79 Å². The molecule has 5 nitrogen and oxygen atoms in total. The van der Waals surface area contributed by atoms with E-state index in [2.05, 4.69) is 16.0 Å². The van der Waals surface area contributed by atoms with Gasteiger partial charge in [0.2, 0.25) is 0 Å². The number of nitrogens with zero attached hydrogens (tertiary/aromatic N) is 3. The van der Waals surface area contributed by atoms with Crippen molar-refractivity contribution in [2.24, 2.45) is 5.73 Å². The van der Waals surface area contributed by atoms with Gasteiger partial charge >= 0.3 is 0 Å². The molecule has 26 heavy (non-hydrogen) atoms. The predicted molar refractivity (Wildman–Crippen MR) is 103 cm³/mol. The van der Waals surface area contributed by atoms with Crippen LogP contribution < -0.4 is 10.6 Å². The van der Waals surface area contributed by atoms with Gasteiger partial charge in [0.15, 0.2) is 0 Å². The highest BCUT2D eigenvalue weighted by atomic mass is 16.2. The van der Waals surface area contributed by atoms with Crippen LogP contribution in [0.3, 0.4) is 0 Å². The van der Waals surface area contributed by atoms with Crippen molar-refractivity contribution in [3.8, 4) is 0 Å². The molecule has 2 aromatic rings. The molecular formula is C21H26N4O. The molecule has 1 saturated heterocycles. The molecule has 0 radical (unpaired) electrons. The first kappa shape index (κ1) is 17.0. The smallest absolute Gasteiger partial charge is 0.253 e. The van der Waals surface area contributed by atoms with Gasteiger partial charge in [-0.3, -0.25) is 9.78 Å². The number of piperidine rings is 1. The predicted octanol–water partition coefficient (Wildman–Crippen LogP) is 2.77. The molecule has 1 aliphatic heterocycles. The van der Waals surface area contributed by atoms with E-state index in [1.807, 2.05) is 48.6 Å². The number of amides is 1. The number of pyridine rings is 1. The molecule has 1 aromatic heterocycles. The van der Waals surface area contributed by atoms with Gasteiger partial charge in [-0.25, -0.2) is 0 Å². The van der Waals surface area contributed by atoms with E-state index < -0.39 is 0 Å². The molecule has 0 unspecified atom stereocenters. The number of aryl methyl sites for hydroxylation is 1. The highest BCUT2D eigenvalue weighted by Gasteiger charge is 2.27. The lowest BCUT2D eigenvalue weighted by atomic mass is 10.0. The number of benzene rings is 1. The van der Waals surface area contributed by atoms with Crippen LogP contribution in [0.4, 0.5) is 5.69 Å². The minimum atomic E-state index is 0.0756. The Kier molecular flexibility index (Phi) is 4.64. The van der Waals surface area contributed by atoms with Gasteiger partial charge in [-0.15, -0.1) is 0 Å². The number of carbonyl (C=O) groups excluding carboxylic acids is 1. The minimum Gasteiger partial charge on any atom is -0.371 e. The van der Waals surface area contributed by atoms with Gasteiger partial charge < -0.3 is 15.5 Å². The van der Waals surface area contributed by atoms with Gasteiger partial charge in [0, 0.05) is 55.9 Å². The summed E-state index contributed by atoms with van der Waals surface area (Å²) in [6.45, 7) is 1.92. The zero-order chi connectivity index (χ0) is 18.1. The lowest BCUT2D eigenvalue weighted by Crippen LogP contribution is -2.45. The Bertz CT molecular complexity index is 784. The molecular weight excluding hydrogens is 324 g/mol. The summed E-state index contributed by atoms with van der Waals surface area (Å²) >= 11 is 0. The second kappa shape index (κ2) is 7.08. The molecule has 136 valence electrons. The van der Waals surface area contributed by atoms with Crippen molar-refractivity contribution in [3.05, 3.63) is 59.4 Å². The first-order valence-corrected chi connectivity index (χ1v) is 9.44. The van der Waals surface area contributed by atoms with Crippen LogP contribution >= 0.6 is 0 Å². The maximum Gasteiger partial charge on any atom is 0.253 e. The van der Waals surface area contributed by atoms with Crippen molar-refractivity contribution in [2.45, 2.75) is 37.8 Å². The number of hydrogen-bond acceptors (Lipinski definition) is 4. The van der Waals surface area contributed by atoms with E-state index in [9.17, 15) is 4.79 Å².